The lowest BCUT2D eigenvalue weighted by Gasteiger charge is -2.12. The molecule has 0 aliphatic heterocycles. The van der Waals surface area contributed by atoms with Crippen LogP contribution in [0.4, 0.5) is 11.5 Å². The second kappa shape index (κ2) is 6.67. The summed E-state index contributed by atoms with van der Waals surface area (Å²) in [6.45, 7) is 0. The van der Waals surface area contributed by atoms with E-state index < -0.39 is 0 Å². The van der Waals surface area contributed by atoms with E-state index in [1.165, 1.54) is 10.8 Å². The van der Waals surface area contributed by atoms with E-state index >= 15 is 0 Å². The lowest BCUT2D eigenvalue weighted by molar-refractivity contribution is 0.647. The summed E-state index contributed by atoms with van der Waals surface area (Å²) in [6.07, 6.45) is 0.497. The summed E-state index contributed by atoms with van der Waals surface area (Å²) in [4.78, 5) is 13.8. The maximum atomic E-state index is 9.05. The molecule has 0 saturated carbocycles. The number of pyridine rings is 1. The SMILES string of the molecule is Nc1cc(-c2cccc3ccccc23)c2nc(NCPO)ccc2c1. The number of aromatic nitrogens is 1. The van der Waals surface area contributed by atoms with Gasteiger partial charge in [0.25, 0.3) is 0 Å². The Kier molecular flexibility index (Phi) is 4.22. The fraction of sp³-hybridized carbons (Fsp3) is 0.0500. The molecular formula is C20H18N3OP. The van der Waals surface area contributed by atoms with Gasteiger partial charge in [0.15, 0.2) is 0 Å². The third-order valence-corrected chi connectivity index (χ3v) is 4.58. The van der Waals surface area contributed by atoms with Crippen LogP contribution in [0.2, 0.25) is 0 Å². The van der Waals surface area contributed by atoms with Crippen molar-refractivity contribution in [2.75, 3.05) is 17.3 Å². The number of hydrogen-bond donors (Lipinski definition) is 3. The highest BCUT2D eigenvalue weighted by Crippen LogP contribution is 2.35. The first-order valence-corrected chi connectivity index (χ1v) is 9.21. The summed E-state index contributed by atoms with van der Waals surface area (Å²) in [5.74, 6) is 0.750. The molecule has 3 aromatic carbocycles. The van der Waals surface area contributed by atoms with Crippen molar-refractivity contribution in [2.45, 2.75) is 0 Å². The zero-order valence-corrected chi connectivity index (χ0v) is 14.5. The van der Waals surface area contributed by atoms with Crippen molar-refractivity contribution in [2.24, 2.45) is 0 Å². The molecule has 4 rings (SSSR count). The van der Waals surface area contributed by atoms with Crippen LogP contribution < -0.4 is 11.1 Å². The minimum absolute atomic E-state index is 0.156. The highest BCUT2D eigenvalue weighted by atomic mass is 31.1. The molecule has 1 atom stereocenters. The van der Waals surface area contributed by atoms with Crippen LogP contribution in [0, 0.1) is 0 Å². The molecule has 1 unspecified atom stereocenters. The highest BCUT2D eigenvalue weighted by molar-refractivity contribution is 7.31. The van der Waals surface area contributed by atoms with Crippen molar-refractivity contribution >= 4 is 42.0 Å². The van der Waals surface area contributed by atoms with E-state index in [0.717, 1.165) is 33.5 Å². The number of benzene rings is 3. The molecule has 1 heterocycles. The molecule has 0 amide bonds. The number of nitrogens with zero attached hydrogens (tertiary/aromatic N) is 1. The van der Waals surface area contributed by atoms with E-state index in [9.17, 15) is 0 Å². The van der Waals surface area contributed by atoms with E-state index in [2.05, 4.69) is 35.6 Å². The third-order valence-electron chi connectivity index (χ3n) is 4.24. The first-order valence-electron chi connectivity index (χ1n) is 8.05. The Hall–Kier alpha value is -2.68. The Morgan fingerprint density at radius 3 is 2.64 bits per heavy atom. The molecule has 0 saturated heterocycles. The van der Waals surface area contributed by atoms with Gasteiger partial charge in [-0.3, -0.25) is 0 Å². The lowest BCUT2D eigenvalue weighted by Crippen LogP contribution is -1.99. The monoisotopic (exact) mass is 347 g/mol. The maximum Gasteiger partial charge on any atom is 0.127 e. The van der Waals surface area contributed by atoms with Crippen LogP contribution in [0.1, 0.15) is 0 Å². The average Bonchev–Trinajstić information content (AvgIpc) is 2.65. The second-order valence-electron chi connectivity index (χ2n) is 5.88. The van der Waals surface area contributed by atoms with Gasteiger partial charge in [0.2, 0.25) is 0 Å². The summed E-state index contributed by atoms with van der Waals surface area (Å²) < 4.78 is 0. The molecular weight excluding hydrogens is 329 g/mol. The van der Waals surface area contributed by atoms with Crippen LogP contribution in [0.15, 0.2) is 66.7 Å². The Morgan fingerprint density at radius 2 is 1.76 bits per heavy atom. The van der Waals surface area contributed by atoms with Crippen LogP contribution in [-0.2, 0) is 0 Å². The number of nitrogen functional groups attached to an aromatic ring is 1. The van der Waals surface area contributed by atoms with Crippen LogP contribution in [-0.4, -0.2) is 16.2 Å². The van der Waals surface area contributed by atoms with Gasteiger partial charge in [-0.2, -0.15) is 0 Å². The molecule has 124 valence electrons. The quantitative estimate of drug-likeness (QED) is 0.373. The number of nitrogens with one attached hydrogen (secondary N) is 1. The van der Waals surface area contributed by atoms with Crippen LogP contribution in [0.25, 0.3) is 32.8 Å². The Bertz CT molecular complexity index is 1060. The molecule has 0 spiro atoms. The average molecular weight is 347 g/mol. The molecule has 4 nitrogen and oxygen atoms in total. The Morgan fingerprint density at radius 1 is 0.920 bits per heavy atom. The van der Waals surface area contributed by atoms with Crippen molar-refractivity contribution in [3.05, 3.63) is 66.7 Å². The van der Waals surface area contributed by atoms with Gasteiger partial charge in [0, 0.05) is 25.4 Å². The zero-order valence-electron chi connectivity index (χ0n) is 13.5. The number of hydrogen-bond acceptors (Lipinski definition) is 4. The van der Waals surface area contributed by atoms with Crippen LogP contribution in [0.5, 0.6) is 0 Å². The first-order chi connectivity index (χ1) is 12.3. The summed E-state index contributed by atoms with van der Waals surface area (Å²) in [7, 11) is -0.156. The van der Waals surface area contributed by atoms with E-state index in [1.54, 1.807) is 0 Å². The van der Waals surface area contributed by atoms with Gasteiger partial charge in [-0.15, -0.1) is 0 Å². The maximum absolute atomic E-state index is 9.05. The molecule has 1 aromatic heterocycles. The third kappa shape index (κ3) is 3.02. The summed E-state index contributed by atoms with van der Waals surface area (Å²) >= 11 is 0. The molecule has 4 aromatic rings. The Labute approximate surface area is 147 Å². The molecule has 0 radical (unpaired) electrons. The predicted octanol–water partition coefficient (Wildman–Crippen LogP) is 4.59. The van der Waals surface area contributed by atoms with E-state index in [1.807, 2.05) is 36.4 Å². The van der Waals surface area contributed by atoms with Gasteiger partial charge in [-0.1, -0.05) is 42.5 Å². The van der Waals surface area contributed by atoms with Crippen LogP contribution in [0.3, 0.4) is 0 Å². The molecule has 4 N–H and O–H groups in total. The molecule has 0 aliphatic rings. The highest BCUT2D eigenvalue weighted by Gasteiger charge is 2.11. The topological polar surface area (TPSA) is 71.2 Å². The smallest absolute Gasteiger partial charge is 0.127 e. The van der Waals surface area contributed by atoms with Gasteiger partial charge in [-0.05, 0) is 40.6 Å². The molecule has 25 heavy (non-hydrogen) atoms. The van der Waals surface area contributed by atoms with Crippen molar-refractivity contribution in [3.63, 3.8) is 0 Å². The van der Waals surface area contributed by atoms with E-state index in [4.69, 9.17) is 15.6 Å². The predicted molar refractivity (Wildman–Crippen MR) is 108 cm³/mol. The molecule has 0 bridgehead atoms. The van der Waals surface area contributed by atoms with Gasteiger partial charge in [0.05, 0.1) is 11.8 Å². The minimum Gasteiger partial charge on any atom is -0.399 e. The number of rotatable bonds is 4. The first kappa shape index (κ1) is 15.8. The van der Waals surface area contributed by atoms with Gasteiger partial charge >= 0.3 is 0 Å². The molecule has 0 fully saturated rings. The summed E-state index contributed by atoms with van der Waals surface area (Å²) in [5.41, 5.74) is 9.90. The number of nitrogens with two attached hydrogens (primary N) is 1. The van der Waals surface area contributed by atoms with Crippen molar-refractivity contribution in [3.8, 4) is 11.1 Å². The second-order valence-corrected chi connectivity index (χ2v) is 6.54. The summed E-state index contributed by atoms with van der Waals surface area (Å²) in [6, 6.07) is 22.4. The van der Waals surface area contributed by atoms with E-state index in [-0.39, 0.29) is 8.81 Å². The Balaban J connectivity index is 1.98. The number of anilines is 2. The number of fused-ring (bicyclic) bond motifs is 2. The van der Waals surface area contributed by atoms with Crippen molar-refractivity contribution in [1.29, 1.82) is 0 Å². The van der Waals surface area contributed by atoms with Gasteiger partial charge in [0.1, 0.15) is 5.82 Å². The minimum atomic E-state index is -0.156. The summed E-state index contributed by atoms with van der Waals surface area (Å²) in [5, 5.41) is 6.50. The molecule has 0 aliphatic carbocycles. The molecule has 5 heteroatoms. The van der Waals surface area contributed by atoms with Gasteiger partial charge < -0.3 is 15.9 Å². The van der Waals surface area contributed by atoms with Gasteiger partial charge in [-0.25, -0.2) is 4.98 Å². The van der Waals surface area contributed by atoms with Crippen LogP contribution >= 0.6 is 8.81 Å². The van der Waals surface area contributed by atoms with Crippen molar-refractivity contribution < 1.29 is 4.89 Å². The zero-order chi connectivity index (χ0) is 17.2. The van der Waals surface area contributed by atoms with E-state index in [0.29, 0.717) is 6.29 Å². The standard InChI is InChI=1S/C20H18N3OP/c21-15-10-14-8-9-19(22-12-25-24)23-20(14)18(11-15)17-7-3-5-13-4-1-2-6-16(13)17/h1-11,24-25H,12,21H2,(H,22,23). The largest absolute Gasteiger partial charge is 0.399 e. The van der Waals surface area contributed by atoms with Crippen molar-refractivity contribution in [1.82, 2.24) is 4.98 Å². The fourth-order valence-corrected chi connectivity index (χ4v) is 3.41. The normalized spacial score (nSPS) is 11.6. The lowest BCUT2D eigenvalue weighted by atomic mass is 9.96. The fourth-order valence-electron chi connectivity index (χ4n) is 3.15.